The first-order chi connectivity index (χ1) is 9.45. The monoisotopic (exact) mass is 467 g/mol. The third-order valence-corrected chi connectivity index (χ3v) is 6.30. The van der Waals surface area contributed by atoms with Crippen molar-refractivity contribution >= 4 is 61.8 Å². The summed E-state index contributed by atoms with van der Waals surface area (Å²) in [5.74, 6) is -1.89. The highest BCUT2D eigenvalue weighted by Crippen LogP contribution is 2.42. The first kappa shape index (κ1) is 15.5. The Kier molecular flexibility index (Phi) is 4.82. The Labute approximate surface area is 140 Å². The van der Waals surface area contributed by atoms with Gasteiger partial charge in [-0.15, -0.1) is 4.98 Å². The molecule has 102 valence electrons. The van der Waals surface area contributed by atoms with E-state index in [1.807, 2.05) is 22.6 Å². The molecular weight excluding hydrogens is 463 g/mol. The highest BCUT2D eigenvalue weighted by atomic mass is 127. The van der Waals surface area contributed by atoms with Crippen LogP contribution in [0.5, 0.6) is 0 Å². The van der Waals surface area contributed by atoms with Crippen LogP contribution < -0.4 is 5.73 Å². The molecule has 2 rings (SSSR count). The average Bonchev–Trinajstić information content (AvgIpc) is 2.48. The topological polar surface area (TPSA) is 43.3 Å². The molecule has 2 aromatic rings. The van der Waals surface area contributed by atoms with Gasteiger partial charge in [-0.3, -0.25) is 0 Å². The van der Waals surface area contributed by atoms with Gasteiger partial charge in [0.2, 0.25) is 0 Å². The zero-order valence-corrected chi connectivity index (χ0v) is 14.2. The van der Waals surface area contributed by atoms with Crippen molar-refractivity contribution in [2.45, 2.75) is 9.79 Å². The fourth-order valence-electron chi connectivity index (χ4n) is 1.36. The molecule has 0 bridgehead atoms. The number of nitrogens with zero attached hydrogens (tertiary/aromatic N) is 2. The summed E-state index contributed by atoms with van der Waals surface area (Å²) in [5.41, 5.74) is 5.25. The van der Waals surface area contributed by atoms with Gasteiger partial charge in [-0.05, 0) is 50.7 Å². The van der Waals surface area contributed by atoms with E-state index >= 15 is 0 Å². The van der Waals surface area contributed by atoms with Gasteiger partial charge >= 0.3 is 0 Å². The number of benzene rings is 1. The predicted molar refractivity (Wildman–Crippen MR) is 85.8 cm³/mol. The van der Waals surface area contributed by atoms with Crippen molar-refractivity contribution in [1.29, 1.82) is 0 Å². The van der Waals surface area contributed by atoms with Crippen LogP contribution in [0.1, 0.15) is 0 Å². The van der Waals surface area contributed by atoms with E-state index < -0.39 is 11.6 Å². The lowest BCUT2D eigenvalue weighted by Crippen LogP contribution is -2.01. The normalized spacial score (nSPS) is 10.3. The van der Waals surface area contributed by atoms with E-state index in [1.165, 1.54) is 12.3 Å². The smallest absolute Gasteiger partial charge is 0.270 e. The Hall–Kier alpha value is -0.920. The molecule has 2 N–H and O–H groups in total. The van der Waals surface area contributed by atoms with Crippen molar-refractivity contribution in [2.75, 3.05) is 5.73 Å². The molecule has 0 saturated carbocycles. The second kappa shape index (κ2) is 6.24. The van der Waals surface area contributed by atoms with Crippen LogP contribution in [0, 0.1) is 21.8 Å². The zero-order valence-electron chi connectivity index (χ0n) is 9.62. The molecule has 0 fully saturated rings. The summed E-state index contributed by atoms with van der Waals surface area (Å²) in [6.07, 6.45) is 1.44. The molecule has 0 radical (unpaired) electrons. The number of hydrogen-bond acceptors (Lipinski definition) is 3. The van der Waals surface area contributed by atoms with Crippen molar-refractivity contribution < 1.29 is 8.78 Å². The van der Waals surface area contributed by atoms with Crippen LogP contribution in [0.15, 0.2) is 32.6 Å². The summed E-state index contributed by atoms with van der Waals surface area (Å²) >= 11 is 6.06. The minimum absolute atomic E-state index is 0.0863. The number of pyridine rings is 1. The summed E-state index contributed by atoms with van der Waals surface area (Å²) in [5, 5.41) is 0. The minimum atomic E-state index is -1.07. The first-order valence-corrected chi connectivity index (χ1v) is 7.77. The largest absolute Gasteiger partial charge is 0.395 e. The van der Waals surface area contributed by atoms with Crippen LogP contribution in [0.2, 0.25) is 0 Å². The number of aromatic nitrogens is 1. The van der Waals surface area contributed by atoms with Gasteiger partial charge in [-0.2, -0.15) is 0 Å². The Bertz CT molecular complexity index is 704. The lowest BCUT2D eigenvalue weighted by Gasteiger charge is -2.11. The maximum absolute atomic E-state index is 14.0. The number of anilines is 1. The summed E-state index contributed by atoms with van der Waals surface area (Å²) in [6.45, 7) is 6.89. The molecule has 1 aromatic carbocycles. The lowest BCUT2D eigenvalue weighted by molar-refractivity contribution is 0.492. The predicted octanol–water partition coefficient (Wildman–Crippen LogP) is 5.01. The molecule has 0 unspecified atom stereocenters. The second-order valence-corrected chi connectivity index (χ2v) is 6.52. The van der Waals surface area contributed by atoms with Crippen LogP contribution in [-0.2, 0) is 0 Å². The van der Waals surface area contributed by atoms with Crippen LogP contribution in [0.25, 0.3) is 4.85 Å². The van der Waals surface area contributed by atoms with E-state index in [1.54, 1.807) is 6.07 Å². The SMILES string of the molecule is [C-]#[N+]c1cc(Sc2c(F)c(F)c(N)c(I)c2Br)ccn1. The fourth-order valence-corrected chi connectivity index (χ4v) is 3.58. The summed E-state index contributed by atoms with van der Waals surface area (Å²) in [7, 11) is 0. The van der Waals surface area contributed by atoms with E-state index in [2.05, 4.69) is 25.8 Å². The van der Waals surface area contributed by atoms with Crippen LogP contribution in [-0.4, -0.2) is 4.98 Å². The minimum Gasteiger partial charge on any atom is -0.395 e. The molecule has 1 heterocycles. The molecule has 0 spiro atoms. The van der Waals surface area contributed by atoms with E-state index in [-0.39, 0.29) is 16.4 Å². The Morgan fingerprint density at radius 2 is 2.10 bits per heavy atom. The van der Waals surface area contributed by atoms with Crippen LogP contribution in [0.3, 0.4) is 0 Å². The molecule has 0 aliphatic carbocycles. The molecule has 1 aromatic heterocycles. The zero-order chi connectivity index (χ0) is 14.9. The Balaban J connectivity index is 2.52. The molecule has 0 aliphatic heterocycles. The van der Waals surface area contributed by atoms with Gasteiger partial charge in [0.25, 0.3) is 5.82 Å². The highest BCUT2D eigenvalue weighted by molar-refractivity contribution is 14.1. The molecule has 0 saturated heterocycles. The molecule has 0 atom stereocenters. The molecule has 0 aliphatic rings. The van der Waals surface area contributed by atoms with Gasteiger partial charge in [0, 0.05) is 4.90 Å². The molecule has 3 nitrogen and oxygen atoms in total. The van der Waals surface area contributed by atoms with E-state index in [0.29, 0.717) is 12.9 Å². The Morgan fingerprint density at radius 3 is 2.75 bits per heavy atom. The van der Waals surface area contributed by atoms with Gasteiger partial charge < -0.3 is 10.6 Å². The van der Waals surface area contributed by atoms with Crippen molar-refractivity contribution in [2.24, 2.45) is 0 Å². The number of hydrogen-bond donors (Lipinski definition) is 1. The summed E-state index contributed by atoms with van der Waals surface area (Å²) in [6, 6.07) is 3.12. The average molecular weight is 468 g/mol. The molecule has 0 amide bonds. The van der Waals surface area contributed by atoms with Crippen molar-refractivity contribution in [3.05, 3.63) is 49.4 Å². The maximum atomic E-state index is 14.0. The fraction of sp³-hybridized carbons (Fsp3) is 0. The number of nitrogen functional groups attached to an aromatic ring is 1. The number of rotatable bonds is 2. The summed E-state index contributed by atoms with van der Waals surface area (Å²) in [4.78, 5) is 7.69. The lowest BCUT2D eigenvalue weighted by atomic mass is 10.3. The van der Waals surface area contributed by atoms with Crippen LogP contribution in [0.4, 0.5) is 20.3 Å². The van der Waals surface area contributed by atoms with Crippen LogP contribution >= 0.6 is 50.3 Å². The highest BCUT2D eigenvalue weighted by Gasteiger charge is 2.21. The quantitative estimate of drug-likeness (QED) is 0.292. The molecular formula is C12H5BrF2IN3S. The third kappa shape index (κ3) is 2.89. The molecule has 8 heteroatoms. The standard InChI is InChI=1S/C12H5BrF2IN3S/c1-18-6-4-5(2-3-19-6)20-12-7(13)10(16)11(17)8(14)9(12)15/h2-4H,17H2. The van der Waals surface area contributed by atoms with Crippen molar-refractivity contribution in [1.82, 2.24) is 4.98 Å². The number of halogens is 4. The number of nitrogens with two attached hydrogens (primary N) is 1. The molecule has 20 heavy (non-hydrogen) atoms. The van der Waals surface area contributed by atoms with Gasteiger partial charge in [0.05, 0.1) is 18.6 Å². The van der Waals surface area contributed by atoms with E-state index in [4.69, 9.17) is 12.3 Å². The third-order valence-electron chi connectivity index (χ3n) is 2.31. The van der Waals surface area contributed by atoms with Crippen molar-refractivity contribution in [3.63, 3.8) is 0 Å². The van der Waals surface area contributed by atoms with Gasteiger partial charge in [-0.1, -0.05) is 18.3 Å². The van der Waals surface area contributed by atoms with Gasteiger partial charge in [-0.25, -0.2) is 8.78 Å². The first-order valence-electron chi connectivity index (χ1n) is 5.08. The summed E-state index contributed by atoms with van der Waals surface area (Å²) < 4.78 is 28.5. The maximum Gasteiger partial charge on any atom is 0.270 e. The second-order valence-electron chi connectivity index (χ2n) is 3.56. The Morgan fingerprint density at radius 1 is 1.40 bits per heavy atom. The van der Waals surface area contributed by atoms with Gasteiger partial charge in [0.1, 0.15) is 6.20 Å². The van der Waals surface area contributed by atoms with Gasteiger partial charge in [0.15, 0.2) is 11.6 Å². The van der Waals surface area contributed by atoms with Crippen molar-refractivity contribution in [3.8, 4) is 0 Å². The van der Waals surface area contributed by atoms with E-state index in [0.717, 1.165) is 11.8 Å². The van der Waals surface area contributed by atoms with E-state index in [9.17, 15) is 8.78 Å².